The molecule has 4 N–H and O–H groups in total. The zero-order chi connectivity index (χ0) is 28.0. The summed E-state index contributed by atoms with van der Waals surface area (Å²) in [4.78, 5) is 33.8. The molecule has 11 heteroatoms. The molecule has 2 saturated heterocycles. The number of hydrogen-bond donors (Lipinski definition) is 3. The molecule has 2 amide bonds. The van der Waals surface area contributed by atoms with E-state index in [0.29, 0.717) is 54.5 Å². The van der Waals surface area contributed by atoms with E-state index < -0.39 is 10.8 Å². The van der Waals surface area contributed by atoms with E-state index in [0.717, 1.165) is 25.9 Å². The van der Waals surface area contributed by atoms with Crippen LogP contribution in [-0.2, 0) is 30.5 Å². The third-order valence-corrected chi connectivity index (χ3v) is 9.62. The Morgan fingerprint density at radius 3 is 2.59 bits per heavy atom. The summed E-state index contributed by atoms with van der Waals surface area (Å²) in [6.07, 6.45) is 3.39. The van der Waals surface area contributed by atoms with Crippen LogP contribution in [0.3, 0.4) is 0 Å². The summed E-state index contributed by atoms with van der Waals surface area (Å²) in [5.41, 5.74) is 7.98. The predicted octanol–water partition coefficient (Wildman–Crippen LogP) is 1.06. The van der Waals surface area contributed by atoms with E-state index in [1.54, 1.807) is 11.9 Å². The summed E-state index contributed by atoms with van der Waals surface area (Å²) < 4.78 is 17.9. The lowest BCUT2D eigenvalue weighted by Crippen LogP contribution is -2.55. The van der Waals surface area contributed by atoms with Gasteiger partial charge in [0.1, 0.15) is 12.4 Å². The number of nitrogens with two attached hydrogens (primary N) is 1. The van der Waals surface area contributed by atoms with Gasteiger partial charge in [0.2, 0.25) is 11.8 Å². The van der Waals surface area contributed by atoms with Gasteiger partial charge in [-0.2, -0.15) is 0 Å². The number of aliphatic imine (C=N–C) groups is 1. The van der Waals surface area contributed by atoms with Crippen LogP contribution in [0.25, 0.3) is 0 Å². The third-order valence-electron chi connectivity index (χ3n) is 8.14. The van der Waals surface area contributed by atoms with Crippen LogP contribution in [0.5, 0.6) is 0 Å². The highest BCUT2D eigenvalue weighted by molar-refractivity contribution is 7.90. The van der Waals surface area contributed by atoms with Gasteiger partial charge in [0.25, 0.3) is 0 Å². The van der Waals surface area contributed by atoms with Gasteiger partial charge < -0.3 is 26.0 Å². The number of rotatable bonds is 9. The molecule has 0 aromatic heterocycles. The largest absolute Gasteiger partial charge is 0.401 e. The van der Waals surface area contributed by atoms with Gasteiger partial charge in [-0.05, 0) is 31.7 Å². The van der Waals surface area contributed by atoms with Crippen molar-refractivity contribution in [2.75, 3.05) is 52.7 Å². The van der Waals surface area contributed by atoms with Gasteiger partial charge in [0.15, 0.2) is 0 Å². The van der Waals surface area contributed by atoms with Crippen molar-refractivity contribution in [1.82, 2.24) is 20.4 Å². The van der Waals surface area contributed by atoms with Crippen molar-refractivity contribution in [1.29, 1.82) is 0 Å². The van der Waals surface area contributed by atoms with Crippen LogP contribution < -0.4 is 16.4 Å². The molecule has 2 unspecified atom stereocenters. The normalized spacial score (nSPS) is 25.1. The Hall–Kier alpha value is -2.76. The molecule has 3 aliphatic heterocycles. The number of carbonyl (C=O) groups is 2. The number of allylic oxidation sites excluding steroid dienone is 1. The lowest BCUT2D eigenvalue weighted by Gasteiger charge is -2.44. The van der Waals surface area contributed by atoms with Crippen LogP contribution in [0.4, 0.5) is 0 Å². The molecule has 3 aliphatic rings. The number of nitrogens with one attached hydrogen (secondary N) is 2. The van der Waals surface area contributed by atoms with E-state index >= 15 is 0 Å². The summed E-state index contributed by atoms with van der Waals surface area (Å²) in [6.45, 7) is 4.86. The van der Waals surface area contributed by atoms with Crippen LogP contribution in [0, 0.1) is 0 Å². The fourth-order valence-electron chi connectivity index (χ4n) is 5.70. The van der Waals surface area contributed by atoms with Crippen molar-refractivity contribution in [2.24, 2.45) is 10.7 Å². The Morgan fingerprint density at radius 1 is 1.26 bits per heavy atom. The standard InChI is InChI=1S/C28H42N6O4S/c1-20(31-27(26-23(29)11-16-39(26)37)32-22-9-10-25(36)33(2)17-22)34-14-12-28(13-15-34,19-30-24(35)18-38-3)21-7-5-4-6-8-21/h4-8,20,22H,9-19,29H2,1-3H3,(H,30,35)(H,31,32)/t20?,22-,39?/m0/s1. The number of methoxy groups -OCH3 is 1. The number of likely N-dealkylation sites (tertiary alicyclic amines) is 2. The van der Waals surface area contributed by atoms with E-state index in [9.17, 15) is 13.8 Å². The predicted molar refractivity (Wildman–Crippen MR) is 153 cm³/mol. The Morgan fingerprint density at radius 2 is 1.97 bits per heavy atom. The van der Waals surface area contributed by atoms with Crippen molar-refractivity contribution < 1.29 is 18.5 Å². The first-order valence-corrected chi connectivity index (χ1v) is 15.0. The highest BCUT2D eigenvalue weighted by Crippen LogP contribution is 2.35. The van der Waals surface area contributed by atoms with Crippen LogP contribution in [0.15, 0.2) is 45.9 Å². The van der Waals surface area contributed by atoms with Crippen molar-refractivity contribution in [3.05, 3.63) is 46.5 Å². The minimum absolute atomic E-state index is 0.0470. The Bertz CT molecular complexity index is 1120. The molecule has 214 valence electrons. The van der Waals surface area contributed by atoms with Crippen LogP contribution in [-0.4, -0.2) is 96.6 Å². The molecule has 10 nitrogen and oxygen atoms in total. The second-order valence-corrected chi connectivity index (χ2v) is 12.3. The zero-order valence-corrected chi connectivity index (χ0v) is 24.1. The maximum atomic E-state index is 12.9. The van der Waals surface area contributed by atoms with E-state index in [1.165, 1.54) is 12.7 Å². The van der Waals surface area contributed by atoms with Gasteiger partial charge in [-0.1, -0.05) is 30.3 Å². The Kier molecular flexibility index (Phi) is 9.79. The van der Waals surface area contributed by atoms with Gasteiger partial charge in [-0.3, -0.25) is 23.7 Å². The summed E-state index contributed by atoms with van der Waals surface area (Å²) in [6, 6.07) is 10.3. The summed E-state index contributed by atoms with van der Waals surface area (Å²) >= 11 is 0. The van der Waals surface area contributed by atoms with Gasteiger partial charge in [-0.25, -0.2) is 0 Å². The van der Waals surface area contributed by atoms with E-state index in [1.807, 2.05) is 18.2 Å². The lowest BCUT2D eigenvalue weighted by atomic mass is 9.72. The highest BCUT2D eigenvalue weighted by atomic mass is 32.2. The molecule has 0 saturated carbocycles. The first kappa shape index (κ1) is 29.2. The van der Waals surface area contributed by atoms with Crippen molar-refractivity contribution >= 4 is 28.4 Å². The Balaban J connectivity index is 1.48. The molecule has 3 atom stereocenters. The van der Waals surface area contributed by atoms with Crippen molar-refractivity contribution in [3.8, 4) is 0 Å². The molecule has 2 fully saturated rings. The quantitative estimate of drug-likeness (QED) is 0.305. The highest BCUT2D eigenvalue weighted by Gasteiger charge is 2.38. The number of likely N-dealkylation sites (N-methyl/N-ethyl adjacent to an activating group) is 1. The van der Waals surface area contributed by atoms with Crippen molar-refractivity contribution in [2.45, 2.75) is 56.7 Å². The van der Waals surface area contributed by atoms with Gasteiger partial charge in [0, 0.05) is 70.0 Å². The Labute approximate surface area is 233 Å². The number of amides is 2. The molecular formula is C28H42N6O4S. The summed E-state index contributed by atoms with van der Waals surface area (Å²) in [5.74, 6) is 1.12. The average Bonchev–Trinajstić information content (AvgIpc) is 3.27. The molecule has 3 heterocycles. The minimum atomic E-state index is -1.20. The topological polar surface area (TPSA) is 129 Å². The lowest BCUT2D eigenvalue weighted by molar-refractivity contribution is -0.132. The number of ether oxygens (including phenoxy) is 1. The van der Waals surface area contributed by atoms with Gasteiger partial charge in [0.05, 0.1) is 27.9 Å². The molecule has 1 aromatic carbocycles. The molecule has 39 heavy (non-hydrogen) atoms. The second kappa shape index (κ2) is 13.1. The summed E-state index contributed by atoms with van der Waals surface area (Å²) in [7, 11) is 2.12. The number of carbonyl (C=O) groups excluding carboxylic acids is 2. The van der Waals surface area contributed by atoms with Gasteiger partial charge >= 0.3 is 0 Å². The van der Waals surface area contributed by atoms with Gasteiger partial charge in [-0.15, -0.1) is 0 Å². The minimum Gasteiger partial charge on any atom is -0.401 e. The molecule has 0 aliphatic carbocycles. The number of piperidine rings is 2. The number of benzene rings is 1. The molecular weight excluding hydrogens is 516 g/mol. The maximum Gasteiger partial charge on any atom is 0.246 e. The first-order valence-electron chi connectivity index (χ1n) is 13.7. The summed E-state index contributed by atoms with van der Waals surface area (Å²) in [5, 5.41) is 6.62. The fraction of sp³-hybridized carbons (Fsp3) is 0.607. The number of hydrogen-bond acceptors (Lipinski definition) is 7. The monoisotopic (exact) mass is 558 g/mol. The fourth-order valence-corrected chi connectivity index (χ4v) is 7.03. The van der Waals surface area contributed by atoms with Crippen LogP contribution in [0.1, 0.15) is 44.6 Å². The number of nitrogens with zero attached hydrogens (tertiary/aromatic N) is 3. The smallest absolute Gasteiger partial charge is 0.246 e. The first-order chi connectivity index (χ1) is 18.7. The zero-order valence-electron chi connectivity index (χ0n) is 23.3. The molecule has 4 rings (SSSR count). The molecule has 0 radical (unpaired) electrons. The molecule has 1 aromatic rings. The SMILES string of the molecule is COCC(=O)NCC1(c2ccccc2)CCN(C(C)NC(=N[C@H]2CCC(=O)N(C)C2)C2=C(N)CCS2=O)CC1. The van der Waals surface area contributed by atoms with E-state index in [-0.39, 0.29) is 36.0 Å². The van der Waals surface area contributed by atoms with E-state index in [2.05, 4.69) is 34.6 Å². The van der Waals surface area contributed by atoms with Crippen molar-refractivity contribution in [3.63, 3.8) is 0 Å². The maximum absolute atomic E-state index is 12.9. The van der Waals surface area contributed by atoms with Crippen LogP contribution >= 0.6 is 0 Å². The second-order valence-electron chi connectivity index (χ2n) is 10.8. The van der Waals surface area contributed by atoms with E-state index in [4.69, 9.17) is 15.5 Å². The molecule has 0 bridgehead atoms. The van der Waals surface area contributed by atoms with Crippen LogP contribution in [0.2, 0.25) is 0 Å². The average molecular weight is 559 g/mol. The third kappa shape index (κ3) is 7.06. The number of amidine groups is 1. The molecule has 0 spiro atoms.